The first-order chi connectivity index (χ1) is 9.24. The first-order valence-electron chi connectivity index (χ1n) is 7.31. The molecule has 0 saturated heterocycles. The zero-order valence-corrected chi connectivity index (χ0v) is 11.9. The lowest BCUT2D eigenvalue weighted by Gasteiger charge is -2.30. The quantitative estimate of drug-likeness (QED) is 0.873. The van der Waals surface area contributed by atoms with Gasteiger partial charge >= 0.3 is 0 Å². The third-order valence-corrected chi connectivity index (χ3v) is 4.00. The minimum Gasteiger partial charge on any atom is -0.494 e. The van der Waals surface area contributed by atoms with Gasteiger partial charge in [-0.15, -0.1) is 0 Å². The third kappa shape index (κ3) is 3.69. The Hall–Kier alpha value is -1.09. The van der Waals surface area contributed by atoms with Crippen LogP contribution in [0.3, 0.4) is 0 Å². The Bertz CT molecular complexity index is 408. The summed E-state index contributed by atoms with van der Waals surface area (Å²) < 4.78 is 18.7. The van der Waals surface area contributed by atoms with Gasteiger partial charge in [0, 0.05) is 6.04 Å². The second-order valence-electron chi connectivity index (χ2n) is 5.41. The number of nitrogens with one attached hydrogen (secondary N) is 1. The number of ether oxygens (including phenoxy) is 1. The summed E-state index contributed by atoms with van der Waals surface area (Å²) in [6.07, 6.45) is 5.91. The maximum absolute atomic E-state index is 13.8. The molecular formula is C16H24FNO. The van der Waals surface area contributed by atoms with Gasteiger partial charge in [0.1, 0.15) is 0 Å². The smallest absolute Gasteiger partial charge is 0.165 e. The predicted molar refractivity (Wildman–Crippen MR) is 76.2 cm³/mol. The largest absolute Gasteiger partial charge is 0.494 e. The molecule has 0 heterocycles. The monoisotopic (exact) mass is 265 g/mol. The minimum absolute atomic E-state index is 0.247. The summed E-state index contributed by atoms with van der Waals surface area (Å²) in [4.78, 5) is 0. The van der Waals surface area contributed by atoms with Crippen LogP contribution in [-0.2, 0) is 0 Å². The summed E-state index contributed by atoms with van der Waals surface area (Å²) in [5.74, 6) is 0.562. The molecule has 0 bridgehead atoms. The zero-order valence-electron chi connectivity index (χ0n) is 11.9. The summed E-state index contributed by atoms with van der Waals surface area (Å²) in [5, 5.41) is 3.59. The molecule has 0 spiro atoms. The molecule has 1 fully saturated rings. The summed E-state index contributed by atoms with van der Waals surface area (Å²) in [5.41, 5.74) is 1.11. The predicted octanol–water partition coefficient (Wildman–Crippen LogP) is 3.86. The summed E-state index contributed by atoms with van der Waals surface area (Å²) in [6.45, 7) is 3.26. The van der Waals surface area contributed by atoms with Crippen LogP contribution in [0.15, 0.2) is 18.2 Å². The average Bonchev–Trinajstić information content (AvgIpc) is 2.45. The molecular weight excluding hydrogens is 241 g/mol. The van der Waals surface area contributed by atoms with E-state index >= 15 is 0 Å². The third-order valence-electron chi connectivity index (χ3n) is 4.00. The van der Waals surface area contributed by atoms with E-state index in [2.05, 4.69) is 12.2 Å². The van der Waals surface area contributed by atoms with Gasteiger partial charge in [0.05, 0.1) is 7.11 Å². The molecule has 3 heteroatoms. The second-order valence-corrected chi connectivity index (χ2v) is 5.41. The fourth-order valence-electron chi connectivity index (χ4n) is 2.96. The molecule has 0 aromatic heterocycles. The van der Waals surface area contributed by atoms with Crippen molar-refractivity contribution in [3.8, 4) is 5.75 Å². The molecule has 1 aromatic carbocycles. The zero-order chi connectivity index (χ0) is 13.7. The van der Waals surface area contributed by atoms with Crippen LogP contribution in [0, 0.1) is 5.82 Å². The SMILES string of the molecule is CCCNC1CCCC(c2ccc(OC)c(F)c2)C1. The van der Waals surface area contributed by atoms with Crippen LogP contribution in [0.1, 0.15) is 50.5 Å². The van der Waals surface area contributed by atoms with Crippen molar-refractivity contribution in [3.05, 3.63) is 29.6 Å². The topological polar surface area (TPSA) is 21.3 Å². The fourth-order valence-corrected chi connectivity index (χ4v) is 2.96. The van der Waals surface area contributed by atoms with Gasteiger partial charge in [-0.2, -0.15) is 0 Å². The molecule has 2 rings (SSSR count). The Balaban J connectivity index is 2.02. The molecule has 2 atom stereocenters. The Kier molecular flexibility index (Phi) is 5.20. The molecule has 2 nitrogen and oxygen atoms in total. The number of halogens is 1. The molecule has 106 valence electrons. The Morgan fingerprint density at radius 3 is 2.89 bits per heavy atom. The molecule has 1 aliphatic carbocycles. The molecule has 1 saturated carbocycles. The van der Waals surface area contributed by atoms with Gasteiger partial charge in [-0.3, -0.25) is 0 Å². The molecule has 1 N–H and O–H groups in total. The normalized spacial score (nSPS) is 23.3. The van der Waals surface area contributed by atoms with Crippen LogP contribution in [0.4, 0.5) is 4.39 Å². The van der Waals surface area contributed by atoms with Gasteiger partial charge in [-0.1, -0.05) is 19.4 Å². The van der Waals surface area contributed by atoms with Crippen molar-refractivity contribution in [3.63, 3.8) is 0 Å². The molecule has 19 heavy (non-hydrogen) atoms. The van der Waals surface area contributed by atoms with E-state index in [0.29, 0.717) is 17.7 Å². The van der Waals surface area contributed by atoms with Crippen LogP contribution >= 0.6 is 0 Å². The highest BCUT2D eigenvalue weighted by Crippen LogP contribution is 2.34. The number of hydrogen-bond acceptors (Lipinski definition) is 2. The van der Waals surface area contributed by atoms with Crippen molar-refractivity contribution in [2.24, 2.45) is 0 Å². The lowest BCUT2D eigenvalue weighted by Crippen LogP contribution is -2.34. The van der Waals surface area contributed by atoms with Crippen molar-refractivity contribution in [1.29, 1.82) is 0 Å². The number of hydrogen-bond donors (Lipinski definition) is 1. The lowest BCUT2D eigenvalue weighted by molar-refractivity contribution is 0.338. The summed E-state index contributed by atoms with van der Waals surface area (Å²) >= 11 is 0. The van der Waals surface area contributed by atoms with E-state index in [1.54, 1.807) is 12.1 Å². The number of methoxy groups -OCH3 is 1. The molecule has 0 amide bonds. The van der Waals surface area contributed by atoms with Crippen molar-refractivity contribution < 1.29 is 9.13 Å². The first-order valence-corrected chi connectivity index (χ1v) is 7.31. The van der Waals surface area contributed by atoms with Crippen molar-refractivity contribution in [1.82, 2.24) is 5.32 Å². The van der Waals surface area contributed by atoms with Crippen molar-refractivity contribution in [2.75, 3.05) is 13.7 Å². The van der Waals surface area contributed by atoms with Crippen molar-refractivity contribution >= 4 is 0 Å². The maximum atomic E-state index is 13.8. The number of rotatable bonds is 5. The van der Waals surface area contributed by atoms with Crippen LogP contribution in [0.5, 0.6) is 5.75 Å². The van der Waals surface area contributed by atoms with Gasteiger partial charge < -0.3 is 10.1 Å². The highest BCUT2D eigenvalue weighted by atomic mass is 19.1. The molecule has 1 aromatic rings. The van der Waals surface area contributed by atoms with E-state index in [9.17, 15) is 4.39 Å². The van der Waals surface area contributed by atoms with Crippen molar-refractivity contribution in [2.45, 2.75) is 51.0 Å². The van der Waals surface area contributed by atoms with E-state index in [0.717, 1.165) is 24.9 Å². The Morgan fingerprint density at radius 1 is 1.37 bits per heavy atom. The van der Waals surface area contributed by atoms with Crippen LogP contribution in [0.2, 0.25) is 0 Å². The van der Waals surface area contributed by atoms with Crippen LogP contribution in [0.25, 0.3) is 0 Å². The van der Waals surface area contributed by atoms with Gasteiger partial charge in [0.15, 0.2) is 11.6 Å². The summed E-state index contributed by atoms with van der Waals surface area (Å²) in [7, 11) is 1.50. The van der Waals surface area contributed by atoms with Crippen LogP contribution < -0.4 is 10.1 Å². The lowest BCUT2D eigenvalue weighted by atomic mass is 9.81. The van der Waals surface area contributed by atoms with Gasteiger partial charge in [-0.05, 0) is 55.8 Å². The highest BCUT2D eigenvalue weighted by molar-refractivity contribution is 5.31. The van der Waals surface area contributed by atoms with E-state index in [4.69, 9.17) is 4.74 Å². The standard InChI is InChI=1S/C16H24FNO/c1-3-9-18-14-6-4-5-12(10-14)13-7-8-16(19-2)15(17)11-13/h7-8,11-12,14,18H,3-6,9-10H2,1-2H3. The average molecular weight is 265 g/mol. The first kappa shape index (κ1) is 14.3. The van der Waals surface area contributed by atoms with Gasteiger partial charge in [-0.25, -0.2) is 4.39 Å². The molecule has 0 aliphatic heterocycles. The maximum Gasteiger partial charge on any atom is 0.165 e. The van der Waals surface area contributed by atoms with Gasteiger partial charge in [0.2, 0.25) is 0 Å². The Labute approximate surface area is 115 Å². The van der Waals surface area contributed by atoms with E-state index in [1.807, 2.05) is 6.07 Å². The van der Waals surface area contributed by atoms with Crippen LogP contribution in [-0.4, -0.2) is 19.7 Å². The highest BCUT2D eigenvalue weighted by Gasteiger charge is 2.23. The Morgan fingerprint density at radius 2 is 2.21 bits per heavy atom. The fraction of sp³-hybridized carbons (Fsp3) is 0.625. The second kappa shape index (κ2) is 6.90. The molecule has 2 unspecified atom stereocenters. The number of benzene rings is 1. The molecule has 1 aliphatic rings. The van der Waals surface area contributed by atoms with E-state index in [-0.39, 0.29) is 5.82 Å². The van der Waals surface area contributed by atoms with E-state index < -0.39 is 0 Å². The summed E-state index contributed by atoms with van der Waals surface area (Å²) in [6, 6.07) is 5.98. The minimum atomic E-state index is -0.247. The van der Waals surface area contributed by atoms with E-state index in [1.165, 1.54) is 26.4 Å². The molecule has 0 radical (unpaired) electrons. The van der Waals surface area contributed by atoms with Gasteiger partial charge in [0.25, 0.3) is 0 Å².